The Morgan fingerprint density at radius 3 is 2.71 bits per heavy atom. The normalized spacial score (nSPS) is 10.6. The van der Waals surface area contributed by atoms with Gasteiger partial charge in [0.2, 0.25) is 0 Å². The summed E-state index contributed by atoms with van der Waals surface area (Å²) in [5.41, 5.74) is 9.06. The number of carbonyl (C=O) groups excluding carboxylic acids is 1. The summed E-state index contributed by atoms with van der Waals surface area (Å²) in [7, 11) is 0. The number of rotatable bonds is 6. The van der Waals surface area contributed by atoms with Gasteiger partial charge in [0.05, 0.1) is 10.2 Å². The van der Waals surface area contributed by atoms with Crippen LogP contribution in [0.15, 0.2) is 58.3 Å². The van der Waals surface area contributed by atoms with E-state index < -0.39 is 0 Å². The lowest BCUT2D eigenvalue weighted by molar-refractivity contribution is 0.102. The van der Waals surface area contributed by atoms with Crippen LogP contribution < -0.4 is 11.1 Å². The molecule has 0 aliphatic rings. The summed E-state index contributed by atoms with van der Waals surface area (Å²) in [6.45, 7) is 0.586. The second-order valence-electron chi connectivity index (χ2n) is 5.66. The van der Waals surface area contributed by atoms with Gasteiger partial charge in [-0.25, -0.2) is 9.97 Å². The number of fused-ring (bicyclic) bond motifs is 1. The maximum absolute atomic E-state index is 12.4. The Labute approximate surface area is 180 Å². The van der Waals surface area contributed by atoms with E-state index in [9.17, 15) is 4.79 Å². The number of nitrogens with two attached hydrogens (primary N) is 1. The minimum Gasteiger partial charge on any atom is -0.330 e. The highest BCUT2D eigenvalue weighted by Crippen LogP contribution is 2.31. The summed E-state index contributed by atoms with van der Waals surface area (Å²) in [6, 6.07) is 16.3. The third-order valence-electron chi connectivity index (χ3n) is 3.78. The highest BCUT2D eigenvalue weighted by Gasteiger charge is 2.14. The molecule has 2 heterocycles. The predicted octanol–water partition coefficient (Wildman–Crippen LogP) is 5.14. The number of hydrogen-bond donors (Lipinski definition) is 2. The largest absolute Gasteiger partial charge is 0.330 e. The number of thioether (sulfide) groups is 1. The van der Waals surface area contributed by atoms with E-state index in [0.29, 0.717) is 17.4 Å². The second kappa shape index (κ2) is 9.49. The minimum atomic E-state index is -0.242. The Morgan fingerprint density at radius 1 is 1.11 bits per heavy atom. The molecule has 0 unspecified atom stereocenters. The summed E-state index contributed by atoms with van der Waals surface area (Å²) in [5.74, 6) is 0.545. The van der Waals surface area contributed by atoms with Gasteiger partial charge in [-0.2, -0.15) is 0 Å². The molecule has 0 atom stereocenters. The SMILES string of the molecule is Cl.NCCSc1nc(C(=O)Nc2nc3ccc(-c4ccccc4)cc3s2)cs1. The zero-order valence-corrected chi connectivity index (χ0v) is 17.9. The number of nitrogens with one attached hydrogen (secondary N) is 1. The number of thiazole rings is 2. The monoisotopic (exact) mass is 448 g/mol. The number of anilines is 1. The van der Waals surface area contributed by atoms with E-state index in [0.717, 1.165) is 31.4 Å². The first kappa shape index (κ1) is 20.8. The van der Waals surface area contributed by atoms with Crippen molar-refractivity contribution in [3.05, 3.63) is 59.6 Å². The molecule has 0 fully saturated rings. The number of amides is 1. The standard InChI is InChI=1S/C19H16N4OS3.ClH/c20-8-9-25-19-22-15(11-26-19)17(24)23-18-21-14-7-6-13(10-16(14)27-18)12-4-2-1-3-5-12;/h1-7,10-11H,8-9,20H2,(H,21,23,24);1H. The van der Waals surface area contributed by atoms with Crippen LogP contribution in [0.3, 0.4) is 0 Å². The molecule has 0 spiro atoms. The van der Waals surface area contributed by atoms with E-state index in [1.54, 1.807) is 17.1 Å². The Morgan fingerprint density at radius 2 is 1.93 bits per heavy atom. The predicted molar refractivity (Wildman–Crippen MR) is 122 cm³/mol. The quantitative estimate of drug-likeness (QED) is 0.399. The van der Waals surface area contributed by atoms with Crippen molar-refractivity contribution < 1.29 is 4.79 Å². The molecule has 9 heteroatoms. The maximum Gasteiger partial charge on any atom is 0.276 e. The van der Waals surface area contributed by atoms with E-state index in [4.69, 9.17) is 5.73 Å². The number of aromatic nitrogens is 2. The lowest BCUT2D eigenvalue weighted by atomic mass is 10.1. The maximum atomic E-state index is 12.4. The first-order valence-electron chi connectivity index (χ1n) is 8.29. The van der Waals surface area contributed by atoms with Gasteiger partial charge >= 0.3 is 0 Å². The number of benzene rings is 2. The van der Waals surface area contributed by atoms with Crippen molar-refractivity contribution >= 4 is 68.1 Å². The first-order valence-corrected chi connectivity index (χ1v) is 11.0. The fourth-order valence-corrected chi connectivity index (χ4v) is 5.07. The van der Waals surface area contributed by atoms with Crippen molar-refractivity contribution in [2.45, 2.75) is 4.34 Å². The zero-order valence-electron chi connectivity index (χ0n) is 14.6. The third kappa shape index (κ3) is 4.71. The fraction of sp³-hybridized carbons (Fsp3) is 0.105. The molecule has 5 nitrogen and oxygen atoms in total. The molecule has 28 heavy (non-hydrogen) atoms. The van der Waals surface area contributed by atoms with Crippen LogP contribution in [0.25, 0.3) is 21.3 Å². The Kier molecular flexibility index (Phi) is 7.03. The van der Waals surface area contributed by atoms with Crippen LogP contribution in [0.5, 0.6) is 0 Å². The van der Waals surface area contributed by atoms with Gasteiger partial charge in [-0.3, -0.25) is 10.1 Å². The van der Waals surface area contributed by atoms with Crippen LogP contribution >= 0.6 is 46.8 Å². The fourth-order valence-electron chi connectivity index (χ4n) is 2.52. The number of carbonyl (C=O) groups is 1. The van der Waals surface area contributed by atoms with E-state index in [2.05, 4.69) is 33.5 Å². The van der Waals surface area contributed by atoms with Gasteiger partial charge in [-0.05, 0) is 23.3 Å². The average Bonchev–Trinajstić information content (AvgIpc) is 3.33. The Hall–Kier alpha value is -1.97. The van der Waals surface area contributed by atoms with Crippen molar-refractivity contribution in [1.29, 1.82) is 0 Å². The van der Waals surface area contributed by atoms with Crippen molar-refractivity contribution in [2.24, 2.45) is 5.73 Å². The molecule has 2 aromatic heterocycles. The van der Waals surface area contributed by atoms with E-state index in [1.807, 2.05) is 30.3 Å². The van der Waals surface area contributed by atoms with Crippen LogP contribution in [0.2, 0.25) is 0 Å². The molecule has 0 saturated carbocycles. The van der Waals surface area contributed by atoms with Crippen molar-refractivity contribution in [2.75, 3.05) is 17.6 Å². The Balaban J connectivity index is 0.00000225. The van der Waals surface area contributed by atoms with Gasteiger partial charge in [-0.15, -0.1) is 23.7 Å². The van der Waals surface area contributed by atoms with Crippen molar-refractivity contribution in [3.63, 3.8) is 0 Å². The van der Waals surface area contributed by atoms with Crippen LogP contribution in [0.4, 0.5) is 5.13 Å². The molecule has 0 aliphatic carbocycles. The number of nitrogens with zero attached hydrogens (tertiary/aromatic N) is 2. The summed E-state index contributed by atoms with van der Waals surface area (Å²) >= 11 is 4.47. The lowest BCUT2D eigenvalue weighted by Gasteiger charge is -2.00. The van der Waals surface area contributed by atoms with Gasteiger partial charge in [0, 0.05) is 17.7 Å². The van der Waals surface area contributed by atoms with Gasteiger partial charge in [-0.1, -0.05) is 59.5 Å². The molecule has 0 radical (unpaired) electrons. The summed E-state index contributed by atoms with van der Waals surface area (Å²) < 4.78 is 1.88. The van der Waals surface area contributed by atoms with E-state index in [1.165, 1.54) is 22.7 Å². The average molecular weight is 449 g/mol. The molecule has 144 valence electrons. The molecule has 0 saturated heterocycles. The molecule has 4 aromatic rings. The van der Waals surface area contributed by atoms with Crippen LogP contribution in [-0.4, -0.2) is 28.2 Å². The topological polar surface area (TPSA) is 80.9 Å². The van der Waals surface area contributed by atoms with Crippen LogP contribution in [0, 0.1) is 0 Å². The third-order valence-corrected chi connectivity index (χ3v) is 6.76. The molecule has 0 bridgehead atoms. The summed E-state index contributed by atoms with van der Waals surface area (Å²) in [4.78, 5) is 21.3. The highest BCUT2D eigenvalue weighted by molar-refractivity contribution is 8.01. The number of halogens is 1. The highest BCUT2D eigenvalue weighted by atomic mass is 35.5. The van der Waals surface area contributed by atoms with Crippen LogP contribution in [-0.2, 0) is 0 Å². The van der Waals surface area contributed by atoms with Crippen molar-refractivity contribution in [3.8, 4) is 11.1 Å². The van der Waals surface area contributed by atoms with Gasteiger partial charge in [0.15, 0.2) is 9.47 Å². The van der Waals surface area contributed by atoms with Gasteiger partial charge < -0.3 is 5.73 Å². The molecule has 4 rings (SSSR count). The Bertz CT molecular complexity index is 1080. The first-order chi connectivity index (χ1) is 13.2. The lowest BCUT2D eigenvalue weighted by Crippen LogP contribution is -2.12. The summed E-state index contributed by atoms with van der Waals surface area (Å²) in [5, 5.41) is 5.19. The minimum absolute atomic E-state index is 0. The summed E-state index contributed by atoms with van der Waals surface area (Å²) in [6.07, 6.45) is 0. The van der Waals surface area contributed by atoms with Crippen LogP contribution in [0.1, 0.15) is 10.5 Å². The molecule has 0 aliphatic heterocycles. The molecule has 2 aromatic carbocycles. The molecular formula is C19H17ClN4OS3. The van der Waals surface area contributed by atoms with E-state index >= 15 is 0 Å². The van der Waals surface area contributed by atoms with Crippen molar-refractivity contribution in [1.82, 2.24) is 9.97 Å². The number of hydrogen-bond acceptors (Lipinski definition) is 7. The van der Waals surface area contributed by atoms with Gasteiger partial charge in [0.1, 0.15) is 5.69 Å². The molecular weight excluding hydrogens is 432 g/mol. The molecule has 3 N–H and O–H groups in total. The second-order valence-corrected chi connectivity index (χ2v) is 8.89. The smallest absolute Gasteiger partial charge is 0.276 e. The molecule has 1 amide bonds. The van der Waals surface area contributed by atoms with Gasteiger partial charge in [0.25, 0.3) is 5.91 Å². The van der Waals surface area contributed by atoms with E-state index in [-0.39, 0.29) is 18.3 Å². The zero-order chi connectivity index (χ0) is 18.6.